The first-order valence-corrected chi connectivity index (χ1v) is 13.7. The van der Waals surface area contributed by atoms with E-state index in [0.717, 1.165) is 58.2 Å². The van der Waals surface area contributed by atoms with E-state index in [4.69, 9.17) is 0 Å². The number of carbonyl (C=O) groups excluding carboxylic acids is 2. The molecule has 5 rings (SSSR count). The van der Waals surface area contributed by atoms with Gasteiger partial charge in [0.15, 0.2) is 0 Å². The highest BCUT2D eigenvalue weighted by atomic mass is 32.1. The van der Waals surface area contributed by atoms with Crippen LogP contribution in [0.15, 0.2) is 72.2 Å². The van der Waals surface area contributed by atoms with E-state index in [9.17, 15) is 9.59 Å². The van der Waals surface area contributed by atoms with Gasteiger partial charge in [-0.25, -0.2) is 0 Å². The van der Waals surface area contributed by atoms with Crippen molar-refractivity contribution in [2.75, 3.05) is 0 Å². The van der Waals surface area contributed by atoms with Crippen LogP contribution in [0.25, 0.3) is 10.9 Å². The number of carbonyl (C=O) groups is 2. The van der Waals surface area contributed by atoms with E-state index < -0.39 is 6.04 Å². The molecule has 4 aromatic rings. The third-order valence-electron chi connectivity index (χ3n) is 7.15. The molecule has 186 valence electrons. The first kappa shape index (κ1) is 24.3. The van der Waals surface area contributed by atoms with Crippen molar-refractivity contribution < 1.29 is 9.59 Å². The Balaban J connectivity index is 1.49. The number of nitrogens with one attached hydrogen (secondary N) is 2. The molecule has 2 aromatic carbocycles. The molecule has 0 saturated heterocycles. The quantitative estimate of drug-likeness (QED) is 0.299. The van der Waals surface area contributed by atoms with E-state index in [1.807, 2.05) is 79.2 Å². The Morgan fingerprint density at radius 1 is 1.03 bits per heavy atom. The Morgan fingerprint density at radius 3 is 2.56 bits per heavy atom. The van der Waals surface area contributed by atoms with Crippen LogP contribution in [-0.4, -0.2) is 27.7 Å². The lowest BCUT2D eigenvalue weighted by molar-refractivity contribution is -0.141. The van der Waals surface area contributed by atoms with Gasteiger partial charge in [-0.1, -0.05) is 73.4 Å². The van der Waals surface area contributed by atoms with Crippen LogP contribution in [0.5, 0.6) is 0 Å². The maximum Gasteiger partial charge on any atom is 0.247 e. The molecular weight excluding hydrogens is 466 g/mol. The van der Waals surface area contributed by atoms with Crippen LogP contribution in [0.1, 0.15) is 59.7 Å². The summed E-state index contributed by atoms with van der Waals surface area (Å²) >= 11 is 1.61. The molecule has 2 N–H and O–H groups in total. The molecule has 1 aliphatic carbocycles. The molecule has 0 spiro atoms. The number of thiophene rings is 1. The topological polar surface area (TPSA) is 65.2 Å². The van der Waals surface area contributed by atoms with Gasteiger partial charge in [0.2, 0.25) is 11.8 Å². The molecule has 1 fully saturated rings. The van der Waals surface area contributed by atoms with E-state index in [0.29, 0.717) is 6.54 Å². The number of aromatic nitrogens is 1. The second-order valence-electron chi connectivity index (χ2n) is 9.79. The normalized spacial score (nSPS) is 15.0. The molecule has 2 aromatic heterocycles. The van der Waals surface area contributed by atoms with Crippen LogP contribution in [0, 0.1) is 6.92 Å². The van der Waals surface area contributed by atoms with Crippen molar-refractivity contribution in [2.45, 2.75) is 64.1 Å². The van der Waals surface area contributed by atoms with Crippen LogP contribution in [0.4, 0.5) is 0 Å². The SMILES string of the molecule is Cc1ccc([C@H](C(=O)NC2CCCCC2)N(Cc2cccs2)C(=O)Cc2c[nH]c3ccccc23)cc1. The van der Waals surface area contributed by atoms with Gasteiger partial charge < -0.3 is 15.2 Å². The number of fused-ring (bicyclic) bond motifs is 1. The van der Waals surface area contributed by atoms with Gasteiger partial charge in [-0.3, -0.25) is 9.59 Å². The van der Waals surface area contributed by atoms with E-state index in [1.54, 1.807) is 16.2 Å². The van der Waals surface area contributed by atoms with E-state index in [-0.39, 0.29) is 24.3 Å². The zero-order chi connectivity index (χ0) is 24.9. The van der Waals surface area contributed by atoms with Gasteiger partial charge in [0, 0.05) is 28.0 Å². The van der Waals surface area contributed by atoms with E-state index in [2.05, 4.69) is 10.3 Å². The minimum atomic E-state index is -0.688. The number of aryl methyl sites for hydroxylation is 1. The standard InChI is InChI=1S/C30H33N3O2S/c1-21-13-15-22(16-14-21)29(30(35)32-24-8-3-2-4-9-24)33(20-25-10-7-17-36-25)28(34)18-23-19-31-27-12-6-5-11-26(23)27/h5-7,10-17,19,24,29,31H,2-4,8-9,18,20H2,1H3,(H,32,35)/t29-/m1/s1. The lowest BCUT2D eigenvalue weighted by atomic mass is 9.94. The minimum Gasteiger partial charge on any atom is -0.361 e. The molecule has 0 radical (unpaired) electrons. The number of hydrogen-bond acceptors (Lipinski definition) is 3. The second kappa shape index (κ2) is 11.1. The van der Waals surface area contributed by atoms with Gasteiger partial charge in [0.25, 0.3) is 0 Å². The lowest BCUT2D eigenvalue weighted by Gasteiger charge is -2.33. The van der Waals surface area contributed by atoms with Crippen molar-refractivity contribution in [2.24, 2.45) is 0 Å². The summed E-state index contributed by atoms with van der Waals surface area (Å²) in [5.41, 5.74) is 3.93. The molecule has 6 heteroatoms. The van der Waals surface area contributed by atoms with Crippen LogP contribution >= 0.6 is 11.3 Å². The van der Waals surface area contributed by atoms with E-state index in [1.165, 1.54) is 6.42 Å². The number of H-pyrrole nitrogens is 1. The Hall–Kier alpha value is -3.38. The fourth-order valence-electron chi connectivity index (χ4n) is 5.18. The lowest BCUT2D eigenvalue weighted by Crippen LogP contribution is -2.47. The molecule has 2 amide bonds. The summed E-state index contributed by atoms with van der Waals surface area (Å²) in [4.78, 5) is 34.0. The molecule has 0 aliphatic heterocycles. The van der Waals surface area contributed by atoms with Crippen molar-refractivity contribution in [1.29, 1.82) is 0 Å². The summed E-state index contributed by atoms with van der Waals surface area (Å²) < 4.78 is 0. The van der Waals surface area contributed by atoms with E-state index >= 15 is 0 Å². The number of para-hydroxylation sites is 1. The smallest absolute Gasteiger partial charge is 0.247 e. The number of rotatable bonds is 8. The first-order chi connectivity index (χ1) is 17.6. The van der Waals surface area contributed by atoms with Gasteiger partial charge >= 0.3 is 0 Å². The van der Waals surface area contributed by atoms with Gasteiger partial charge in [-0.2, -0.15) is 0 Å². The van der Waals surface area contributed by atoms with Crippen LogP contribution < -0.4 is 5.32 Å². The van der Waals surface area contributed by atoms with Crippen molar-refractivity contribution in [3.8, 4) is 0 Å². The summed E-state index contributed by atoms with van der Waals surface area (Å²) in [6, 6.07) is 19.5. The van der Waals surface area contributed by atoms with Crippen molar-refractivity contribution in [1.82, 2.24) is 15.2 Å². The maximum atomic E-state index is 14.0. The number of amides is 2. The van der Waals surface area contributed by atoms with Crippen molar-refractivity contribution >= 4 is 34.1 Å². The summed E-state index contributed by atoms with van der Waals surface area (Å²) in [7, 11) is 0. The number of benzene rings is 2. The second-order valence-corrected chi connectivity index (χ2v) is 10.8. The van der Waals surface area contributed by atoms with Gasteiger partial charge in [0.05, 0.1) is 13.0 Å². The molecular formula is C30H33N3O2S. The zero-order valence-electron chi connectivity index (χ0n) is 20.7. The molecule has 1 saturated carbocycles. The van der Waals surface area contributed by atoms with Gasteiger partial charge in [-0.15, -0.1) is 11.3 Å². The Bertz CT molecular complexity index is 1300. The molecule has 1 atom stereocenters. The van der Waals surface area contributed by atoms with Crippen LogP contribution in [-0.2, 0) is 22.6 Å². The third kappa shape index (κ3) is 5.54. The molecule has 0 bridgehead atoms. The number of hydrogen-bond donors (Lipinski definition) is 2. The summed E-state index contributed by atoms with van der Waals surface area (Å²) in [5, 5.41) is 6.36. The van der Waals surface area contributed by atoms with Crippen molar-refractivity contribution in [3.63, 3.8) is 0 Å². The van der Waals surface area contributed by atoms with Crippen LogP contribution in [0.2, 0.25) is 0 Å². The summed E-state index contributed by atoms with van der Waals surface area (Å²) in [6.45, 7) is 2.43. The third-order valence-corrected chi connectivity index (χ3v) is 8.01. The average Bonchev–Trinajstić information content (AvgIpc) is 3.56. The number of aromatic amines is 1. The monoisotopic (exact) mass is 499 g/mol. The molecule has 0 unspecified atom stereocenters. The fourth-order valence-corrected chi connectivity index (χ4v) is 5.89. The minimum absolute atomic E-state index is 0.0578. The molecule has 2 heterocycles. The Morgan fingerprint density at radius 2 is 1.81 bits per heavy atom. The Labute approximate surface area is 216 Å². The van der Waals surface area contributed by atoms with Gasteiger partial charge in [-0.05, 0) is 48.4 Å². The largest absolute Gasteiger partial charge is 0.361 e. The summed E-state index contributed by atoms with van der Waals surface area (Å²) in [6.07, 6.45) is 7.64. The highest BCUT2D eigenvalue weighted by Crippen LogP contribution is 2.29. The first-order valence-electron chi connectivity index (χ1n) is 12.8. The van der Waals surface area contributed by atoms with Crippen molar-refractivity contribution in [3.05, 3.63) is 93.8 Å². The summed E-state index contributed by atoms with van der Waals surface area (Å²) in [5.74, 6) is -0.146. The maximum absolute atomic E-state index is 14.0. The predicted molar refractivity (Wildman–Crippen MR) is 146 cm³/mol. The molecule has 36 heavy (non-hydrogen) atoms. The van der Waals surface area contributed by atoms with Crippen LogP contribution in [0.3, 0.4) is 0 Å². The fraction of sp³-hybridized carbons (Fsp3) is 0.333. The predicted octanol–water partition coefficient (Wildman–Crippen LogP) is 6.30. The molecule has 5 nitrogen and oxygen atoms in total. The highest BCUT2D eigenvalue weighted by molar-refractivity contribution is 7.09. The van der Waals surface area contributed by atoms with Gasteiger partial charge in [0.1, 0.15) is 6.04 Å². The average molecular weight is 500 g/mol. The molecule has 1 aliphatic rings. The Kier molecular flexibility index (Phi) is 7.52. The number of nitrogens with zero attached hydrogens (tertiary/aromatic N) is 1. The zero-order valence-corrected chi connectivity index (χ0v) is 21.5. The highest BCUT2D eigenvalue weighted by Gasteiger charge is 2.33.